The molecule has 0 fully saturated rings. The smallest absolute Gasteiger partial charge is 0.435 e. The molecule has 40 heavy (non-hydrogen) atoms. The highest BCUT2D eigenvalue weighted by Crippen LogP contribution is 2.31. The first-order valence-electron chi connectivity index (χ1n) is 12.6. The Bertz CT molecular complexity index is 1540. The number of nitrogens with one attached hydrogen (secondary N) is 2. The molecule has 1 aliphatic heterocycles. The zero-order valence-corrected chi connectivity index (χ0v) is 24.2. The van der Waals surface area contributed by atoms with Crippen LogP contribution in [-0.2, 0) is 4.74 Å². The minimum absolute atomic E-state index is 0.112. The van der Waals surface area contributed by atoms with Gasteiger partial charge in [-0.3, -0.25) is 14.6 Å². The van der Waals surface area contributed by atoms with Crippen molar-refractivity contribution in [2.24, 2.45) is 0 Å². The molecular formula is C27H32ClN7O5. The lowest BCUT2D eigenvalue weighted by Gasteiger charge is -2.24. The van der Waals surface area contributed by atoms with Crippen LogP contribution in [0.5, 0.6) is 5.88 Å². The minimum atomic E-state index is -0.740. The van der Waals surface area contributed by atoms with Crippen molar-refractivity contribution in [2.45, 2.75) is 53.2 Å². The number of halogens is 1. The van der Waals surface area contributed by atoms with E-state index in [4.69, 9.17) is 21.1 Å². The lowest BCUT2D eigenvalue weighted by atomic mass is 10.0. The maximum atomic E-state index is 13.7. The van der Waals surface area contributed by atoms with Crippen molar-refractivity contribution in [1.29, 1.82) is 0 Å². The Hall–Kier alpha value is -4.32. The Morgan fingerprint density at radius 1 is 1.12 bits per heavy atom. The van der Waals surface area contributed by atoms with E-state index in [0.29, 0.717) is 16.0 Å². The van der Waals surface area contributed by atoms with Crippen molar-refractivity contribution < 1.29 is 23.9 Å². The Labute approximate surface area is 236 Å². The molecule has 0 spiro atoms. The van der Waals surface area contributed by atoms with E-state index in [1.165, 1.54) is 24.2 Å². The van der Waals surface area contributed by atoms with E-state index in [1.807, 2.05) is 13.8 Å². The monoisotopic (exact) mass is 569 g/mol. The molecule has 2 N–H and O–H groups in total. The number of fused-ring (bicyclic) bond motifs is 1. The third-order valence-corrected chi connectivity index (χ3v) is 5.91. The number of carbonyl (C=O) groups excluding carboxylic acids is 3. The molecule has 0 radical (unpaired) electrons. The van der Waals surface area contributed by atoms with Crippen LogP contribution in [0.25, 0.3) is 10.9 Å². The first-order chi connectivity index (χ1) is 18.8. The molecule has 3 aromatic rings. The van der Waals surface area contributed by atoms with Gasteiger partial charge >= 0.3 is 6.09 Å². The molecule has 1 aromatic carbocycles. The van der Waals surface area contributed by atoms with Gasteiger partial charge in [0.1, 0.15) is 11.1 Å². The molecule has 0 bridgehead atoms. The molecule has 0 unspecified atom stereocenters. The summed E-state index contributed by atoms with van der Waals surface area (Å²) < 4.78 is 11.8. The van der Waals surface area contributed by atoms with Gasteiger partial charge in [-0.15, -0.1) is 5.10 Å². The molecule has 0 saturated heterocycles. The number of amides is 2. The molecule has 13 heteroatoms. The van der Waals surface area contributed by atoms with Crippen LogP contribution in [0.15, 0.2) is 41.7 Å². The van der Waals surface area contributed by atoms with Crippen molar-refractivity contribution >= 4 is 46.1 Å². The van der Waals surface area contributed by atoms with Crippen LogP contribution in [0.4, 0.5) is 10.5 Å². The van der Waals surface area contributed by atoms with Gasteiger partial charge in [0.2, 0.25) is 5.88 Å². The number of benzene rings is 1. The molecule has 1 aliphatic rings. The van der Waals surface area contributed by atoms with Crippen molar-refractivity contribution in [2.75, 3.05) is 24.0 Å². The average Bonchev–Trinajstić information content (AvgIpc) is 3.47. The lowest BCUT2D eigenvalue weighted by Crippen LogP contribution is -2.36. The summed E-state index contributed by atoms with van der Waals surface area (Å²) in [6.45, 7) is 10.9. The first kappa shape index (κ1) is 28.7. The second kappa shape index (κ2) is 11.0. The van der Waals surface area contributed by atoms with E-state index in [1.54, 1.807) is 57.1 Å². The lowest BCUT2D eigenvalue weighted by molar-refractivity contribution is 0.0515. The standard InChI is InChI=1S/C27H32ClN7O5/c1-15(2)29-25(37)21-22(16(3)11-17-13-34(32-23(17)21)26(38)40-27(4,5)6)30-24(36)19-12-20(39-7)31-35(19)33-10-8-9-18(28)14-33/h8-13,15H,14H2,1-7H3,(H,29,37)(H,30,36). The topological polar surface area (TPSA) is 133 Å². The van der Waals surface area contributed by atoms with Crippen LogP contribution in [0, 0.1) is 6.92 Å². The largest absolute Gasteiger partial charge is 0.480 e. The summed E-state index contributed by atoms with van der Waals surface area (Å²) in [6, 6.07) is 3.02. The van der Waals surface area contributed by atoms with Gasteiger partial charge in [0.25, 0.3) is 11.8 Å². The highest BCUT2D eigenvalue weighted by Gasteiger charge is 2.27. The molecule has 0 atom stereocenters. The van der Waals surface area contributed by atoms with Crippen molar-refractivity contribution in [3.05, 3.63) is 58.5 Å². The number of carbonyl (C=O) groups is 3. The quantitative estimate of drug-likeness (QED) is 0.449. The number of rotatable bonds is 6. The summed E-state index contributed by atoms with van der Waals surface area (Å²) in [5, 5.41) is 17.2. The second-order valence-electron chi connectivity index (χ2n) is 10.5. The molecule has 0 aliphatic carbocycles. The maximum absolute atomic E-state index is 13.7. The Morgan fingerprint density at radius 2 is 1.85 bits per heavy atom. The highest BCUT2D eigenvalue weighted by molar-refractivity contribution is 6.30. The summed E-state index contributed by atoms with van der Waals surface area (Å²) in [5.74, 6) is -0.803. The van der Waals surface area contributed by atoms with Gasteiger partial charge in [-0.25, -0.2) is 4.79 Å². The fourth-order valence-corrected chi connectivity index (χ4v) is 4.24. The fraction of sp³-hybridized carbons (Fsp3) is 0.370. The molecule has 212 valence electrons. The van der Waals surface area contributed by atoms with Gasteiger partial charge in [-0.2, -0.15) is 14.6 Å². The Kier molecular flexibility index (Phi) is 7.92. The van der Waals surface area contributed by atoms with Gasteiger partial charge in [0.05, 0.1) is 24.9 Å². The van der Waals surface area contributed by atoms with Crippen LogP contribution < -0.4 is 20.4 Å². The molecule has 2 aromatic heterocycles. The van der Waals surface area contributed by atoms with E-state index in [0.717, 1.165) is 4.68 Å². The first-order valence-corrected chi connectivity index (χ1v) is 13.0. The van der Waals surface area contributed by atoms with Crippen LogP contribution in [-0.4, -0.2) is 62.9 Å². The molecule has 4 rings (SSSR count). The summed E-state index contributed by atoms with van der Waals surface area (Å²) in [7, 11) is 1.45. The van der Waals surface area contributed by atoms with Crippen LogP contribution >= 0.6 is 11.6 Å². The number of aromatic nitrogens is 4. The van der Waals surface area contributed by atoms with E-state index in [2.05, 4.69) is 20.8 Å². The molecular weight excluding hydrogens is 538 g/mol. The SMILES string of the molecule is COc1cc(C(=O)Nc2c(C)cc3cn(C(=O)OC(C)(C)C)nc3c2C(=O)NC(C)C)n(N2C=CC=C(Cl)C2)n1. The van der Waals surface area contributed by atoms with Crippen LogP contribution in [0.3, 0.4) is 0 Å². The number of aryl methyl sites for hydroxylation is 1. The van der Waals surface area contributed by atoms with Gasteiger partial charge in [0, 0.05) is 34.9 Å². The normalized spacial score (nSPS) is 13.4. The third kappa shape index (κ3) is 6.12. The van der Waals surface area contributed by atoms with Gasteiger partial charge in [-0.1, -0.05) is 11.6 Å². The maximum Gasteiger partial charge on any atom is 0.435 e. The Balaban J connectivity index is 1.79. The summed E-state index contributed by atoms with van der Waals surface area (Å²) in [4.78, 5) is 41.3. The minimum Gasteiger partial charge on any atom is -0.480 e. The Morgan fingerprint density at radius 3 is 2.48 bits per heavy atom. The van der Waals surface area contributed by atoms with Gasteiger partial charge in [-0.05, 0) is 65.3 Å². The summed E-state index contributed by atoms with van der Waals surface area (Å²) in [6.07, 6.45) is 5.99. The number of methoxy groups -OCH3 is 1. The number of ether oxygens (including phenoxy) is 2. The molecule has 0 saturated carbocycles. The summed E-state index contributed by atoms with van der Waals surface area (Å²) >= 11 is 6.21. The van der Waals surface area contributed by atoms with E-state index >= 15 is 0 Å². The predicted molar refractivity (Wildman–Crippen MR) is 152 cm³/mol. The van der Waals surface area contributed by atoms with Gasteiger partial charge < -0.3 is 20.1 Å². The number of nitrogens with zero attached hydrogens (tertiary/aromatic N) is 5. The zero-order chi connectivity index (χ0) is 29.4. The van der Waals surface area contributed by atoms with Gasteiger partial charge in [0.15, 0.2) is 5.69 Å². The van der Waals surface area contributed by atoms with Crippen LogP contribution in [0.2, 0.25) is 0 Å². The van der Waals surface area contributed by atoms with Crippen molar-refractivity contribution in [1.82, 2.24) is 25.0 Å². The van der Waals surface area contributed by atoms with Crippen molar-refractivity contribution in [3.8, 4) is 5.88 Å². The number of hydrogen-bond acceptors (Lipinski definition) is 8. The van der Waals surface area contributed by atoms with E-state index in [9.17, 15) is 14.4 Å². The molecule has 2 amide bonds. The molecule has 12 nitrogen and oxygen atoms in total. The van der Waals surface area contributed by atoms with E-state index < -0.39 is 23.5 Å². The van der Waals surface area contributed by atoms with Crippen molar-refractivity contribution in [3.63, 3.8) is 0 Å². The summed E-state index contributed by atoms with van der Waals surface area (Å²) in [5.41, 5.74) is 0.564. The molecule has 3 heterocycles. The number of allylic oxidation sites excluding steroid dienone is 2. The second-order valence-corrected chi connectivity index (χ2v) is 11.0. The van der Waals surface area contributed by atoms with Crippen LogP contribution in [0.1, 0.15) is 61.0 Å². The average molecular weight is 570 g/mol. The van der Waals surface area contributed by atoms with E-state index in [-0.39, 0.29) is 40.9 Å². The predicted octanol–water partition coefficient (Wildman–Crippen LogP) is 4.31. The third-order valence-electron chi connectivity index (χ3n) is 5.66. The number of hydrogen-bond donors (Lipinski definition) is 2. The highest BCUT2D eigenvalue weighted by atomic mass is 35.5. The zero-order valence-electron chi connectivity index (χ0n) is 23.4. The number of anilines is 1. The fourth-order valence-electron chi connectivity index (χ4n) is 4.04.